The van der Waals surface area contributed by atoms with Crippen LogP contribution in [0.2, 0.25) is 0 Å². The highest BCUT2D eigenvalue weighted by atomic mass is 16.5. The summed E-state index contributed by atoms with van der Waals surface area (Å²) in [6.07, 6.45) is 3.15. The molecule has 1 atom stereocenters. The van der Waals surface area contributed by atoms with E-state index in [-0.39, 0.29) is 11.8 Å². The lowest BCUT2D eigenvalue weighted by molar-refractivity contribution is -0.153. The average Bonchev–Trinajstić information content (AvgIpc) is 3.30. The van der Waals surface area contributed by atoms with Crippen molar-refractivity contribution in [3.05, 3.63) is 29.8 Å². The molecule has 146 valence electrons. The maximum atomic E-state index is 13.1. The molecule has 2 fully saturated rings. The van der Waals surface area contributed by atoms with Crippen LogP contribution >= 0.6 is 0 Å². The lowest BCUT2D eigenvalue weighted by atomic mass is 9.96. The quantitative estimate of drug-likeness (QED) is 0.808. The molecule has 3 aliphatic rings. The fourth-order valence-electron chi connectivity index (χ4n) is 4.70. The van der Waals surface area contributed by atoms with Gasteiger partial charge in [0.15, 0.2) is 0 Å². The number of rotatable bonds is 4. The van der Waals surface area contributed by atoms with E-state index in [1.54, 1.807) is 0 Å². The molecule has 0 saturated carbocycles. The fourth-order valence-corrected chi connectivity index (χ4v) is 4.70. The van der Waals surface area contributed by atoms with Gasteiger partial charge in [-0.1, -0.05) is 18.2 Å². The highest BCUT2D eigenvalue weighted by Gasteiger charge is 2.47. The summed E-state index contributed by atoms with van der Waals surface area (Å²) in [5, 5.41) is 0. The number of morpholine rings is 1. The van der Waals surface area contributed by atoms with Gasteiger partial charge in [0.05, 0.1) is 13.2 Å². The third kappa shape index (κ3) is 3.43. The van der Waals surface area contributed by atoms with E-state index < -0.39 is 5.54 Å². The van der Waals surface area contributed by atoms with Crippen LogP contribution in [0.4, 0.5) is 5.69 Å². The number of hydrogen-bond acceptors (Lipinski definition) is 4. The van der Waals surface area contributed by atoms with E-state index in [2.05, 4.69) is 29.2 Å². The largest absolute Gasteiger partial charge is 0.378 e. The van der Waals surface area contributed by atoms with Gasteiger partial charge >= 0.3 is 0 Å². The van der Waals surface area contributed by atoms with Crippen LogP contribution in [0.25, 0.3) is 0 Å². The van der Waals surface area contributed by atoms with Gasteiger partial charge in [-0.3, -0.25) is 9.59 Å². The molecule has 2 amide bonds. The second-order valence-corrected chi connectivity index (χ2v) is 7.94. The van der Waals surface area contributed by atoms with Crippen molar-refractivity contribution in [3.8, 4) is 0 Å². The van der Waals surface area contributed by atoms with Crippen LogP contribution in [0.3, 0.4) is 0 Å². The Kier molecular flexibility index (Phi) is 5.08. The van der Waals surface area contributed by atoms with Crippen molar-refractivity contribution in [2.24, 2.45) is 0 Å². The summed E-state index contributed by atoms with van der Waals surface area (Å²) < 4.78 is 5.36. The van der Waals surface area contributed by atoms with E-state index in [9.17, 15) is 9.59 Å². The molecule has 0 unspecified atom stereocenters. The molecule has 6 nitrogen and oxygen atoms in total. The molecule has 6 heteroatoms. The average molecular weight is 371 g/mol. The Morgan fingerprint density at radius 1 is 1.11 bits per heavy atom. The summed E-state index contributed by atoms with van der Waals surface area (Å²) >= 11 is 0. The molecular formula is C21H29N3O3. The molecule has 0 N–H and O–H groups in total. The van der Waals surface area contributed by atoms with Crippen LogP contribution in [0.1, 0.15) is 31.7 Å². The minimum Gasteiger partial charge on any atom is -0.378 e. The number of benzene rings is 1. The standard InChI is InChI=1S/C21H29N3O3/c1-21(20(26)23-13-15-27-16-14-23)9-4-10-24(21)19(25)8-12-22-11-7-17-5-2-3-6-18(17)22/h2-3,5-6H,4,7-16H2,1H3/t21-/m1/s1. The second-order valence-electron chi connectivity index (χ2n) is 7.94. The first-order valence-corrected chi connectivity index (χ1v) is 10.1. The first-order valence-electron chi connectivity index (χ1n) is 10.1. The Balaban J connectivity index is 1.40. The Morgan fingerprint density at radius 2 is 1.89 bits per heavy atom. The van der Waals surface area contributed by atoms with Gasteiger partial charge in [0.25, 0.3) is 0 Å². The maximum Gasteiger partial charge on any atom is 0.248 e. The molecule has 1 aromatic rings. The van der Waals surface area contributed by atoms with Crippen molar-refractivity contribution in [3.63, 3.8) is 0 Å². The monoisotopic (exact) mass is 371 g/mol. The zero-order chi connectivity index (χ0) is 18.9. The molecule has 4 rings (SSSR count). The van der Waals surface area contributed by atoms with E-state index in [1.165, 1.54) is 11.3 Å². The van der Waals surface area contributed by atoms with E-state index in [4.69, 9.17) is 4.74 Å². The van der Waals surface area contributed by atoms with Crippen molar-refractivity contribution < 1.29 is 14.3 Å². The molecule has 0 radical (unpaired) electrons. The number of hydrogen-bond donors (Lipinski definition) is 0. The van der Waals surface area contributed by atoms with E-state index in [0.29, 0.717) is 45.8 Å². The van der Waals surface area contributed by atoms with Crippen molar-refractivity contribution >= 4 is 17.5 Å². The first-order chi connectivity index (χ1) is 13.1. The highest BCUT2D eigenvalue weighted by Crippen LogP contribution is 2.33. The fraction of sp³-hybridized carbons (Fsp3) is 0.619. The maximum absolute atomic E-state index is 13.1. The summed E-state index contributed by atoms with van der Waals surface area (Å²) in [4.78, 5) is 32.2. The molecule has 27 heavy (non-hydrogen) atoms. The first kappa shape index (κ1) is 18.3. The number of anilines is 1. The number of likely N-dealkylation sites (tertiary alicyclic amines) is 1. The third-order valence-electron chi connectivity index (χ3n) is 6.28. The molecule has 2 saturated heterocycles. The number of ether oxygens (including phenoxy) is 1. The normalized spacial score (nSPS) is 25.0. The Bertz CT molecular complexity index is 716. The molecule has 0 spiro atoms. The summed E-state index contributed by atoms with van der Waals surface area (Å²) in [5.74, 6) is 0.184. The summed E-state index contributed by atoms with van der Waals surface area (Å²) in [6, 6.07) is 8.42. The predicted octanol–water partition coefficient (Wildman–Crippen LogP) is 1.68. The zero-order valence-corrected chi connectivity index (χ0v) is 16.2. The smallest absolute Gasteiger partial charge is 0.248 e. The van der Waals surface area contributed by atoms with E-state index >= 15 is 0 Å². The van der Waals surface area contributed by atoms with E-state index in [0.717, 1.165) is 25.8 Å². The van der Waals surface area contributed by atoms with Crippen molar-refractivity contribution in [1.29, 1.82) is 0 Å². The third-order valence-corrected chi connectivity index (χ3v) is 6.28. The molecule has 0 bridgehead atoms. The number of carbonyl (C=O) groups is 2. The van der Waals surface area contributed by atoms with Gasteiger partial charge in [-0.25, -0.2) is 0 Å². The summed E-state index contributed by atoms with van der Waals surface area (Å²) in [7, 11) is 0. The van der Waals surface area contributed by atoms with Crippen LogP contribution in [-0.2, 0) is 20.7 Å². The highest BCUT2D eigenvalue weighted by molar-refractivity contribution is 5.92. The molecule has 1 aromatic carbocycles. The van der Waals surface area contributed by atoms with Gasteiger partial charge in [0.2, 0.25) is 11.8 Å². The zero-order valence-electron chi connectivity index (χ0n) is 16.2. The minimum atomic E-state index is -0.697. The minimum absolute atomic E-state index is 0.0863. The van der Waals surface area contributed by atoms with Gasteiger partial charge in [-0.2, -0.15) is 0 Å². The van der Waals surface area contributed by atoms with Crippen molar-refractivity contribution in [2.75, 3.05) is 50.8 Å². The predicted molar refractivity (Wildman–Crippen MR) is 104 cm³/mol. The van der Waals surface area contributed by atoms with Gasteiger partial charge in [-0.15, -0.1) is 0 Å². The number of carbonyl (C=O) groups excluding carboxylic acids is 2. The van der Waals surface area contributed by atoms with Gasteiger partial charge in [-0.05, 0) is 37.8 Å². The lowest BCUT2D eigenvalue weighted by Crippen LogP contribution is -2.58. The van der Waals surface area contributed by atoms with Gasteiger partial charge in [0.1, 0.15) is 5.54 Å². The second kappa shape index (κ2) is 7.50. The number of fused-ring (bicyclic) bond motifs is 1. The van der Waals surface area contributed by atoms with Crippen LogP contribution in [0.5, 0.6) is 0 Å². The number of amides is 2. The number of nitrogens with zero attached hydrogens (tertiary/aromatic N) is 3. The van der Waals surface area contributed by atoms with Crippen LogP contribution in [-0.4, -0.2) is 73.1 Å². The lowest BCUT2D eigenvalue weighted by Gasteiger charge is -2.39. The Morgan fingerprint density at radius 3 is 2.70 bits per heavy atom. The number of para-hydroxylation sites is 1. The van der Waals surface area contributed by atoms with Gasteiger partial charge < -0.3 is 19.4 Å². The van der Waals surface area contributed by atoms with Crippen LogP contribution < -0.4 is 4.90 Å². The summed E-state index contributed by atoms with van der Waals surface area (Å²) in [6.45, 7) is 6.74. The van der Waals surface area contributed by atoms with Crippen LogP contribution in [0, 0.1) is 0 Å². The Labute approximate surface area is 161 Å². The Hall–Kier alpha value is -2.08. The molecule has 0 aromatic heterocycles. The SMILES string of the molecule is C[C@]1(C(=O)N2CCOCC2)CCCN1C(=O)CCN1CCc2ccccc21. The van der Waals surface area contributed by atoms with Crippen LogP contribution in [0.15, 0.2) is 24.3 Å². The van der Waals surface area contributed by atoms with Crippen molar-refractivity contribution in [2.45, 2.75) is 38.1 Å². The molecule has 3 heterocycles. The molecule has 0 aliphatic carbocycles. The molecular weight excluding hydrogens is 342 g/mol. The van der Waals surface area contributed by atoms with Crippen molar-refractivity contribution in [1.82, 2.24) is 9.80 Å². The summed E-state index contributed by atoms with van der Waals surface area (Å²) in [5.41, 5.74) is 1.91. The van der Waals surface area contributed by atoms with Gasteiger partial charge in [0, 0.05) is 44.8 Å². The van der Waals surface area contributed by atoms with E-state index in [1.807, 2.05) is 16.7 Å². The topological polar surface area (TPSA) is 53.1 Å². The molecule has 3 aliphatic heterocycles.